The molecule has 0 unspecified atom stereocenters. The van der Waals surface area contributed by atoms with Crippen LogP contribution in [0.2, 0.25) is 25.1 Å². The van der Waals surface area contributed by atoms with Gasteiger partial charge in [-0.25, -0.2) is 22.9 Å². The lowest BCUT2D eigenvalue weighted by Gasteiger charge is -2.24. The summed E-state index contributed by atoms with van der Waals surface area (Å²) in [4.78, 5) is 45.2. The van der Waals surface area contributed by atoms with Gasteiger partial charge in [-0.1, -0.05) is 58.0 Å². The fourth-order valence-electron chi connectivity index (χ4n) is 4.87. The SMILES string of the molecule is CCOC(=O)c1c(Cl)c(Cl)c(N2N=C(Nc3cc(NC(C)=O)ccc3Cl)/C(=N/c3ccc(N(CC)CCNS(C)(=O)=O)cc3C)C2=O)c(Cl)c1Cl. The number of benzene rings is 3. The summed E-state index contributed by atoms with van der Waals surface area (Å²) in [5.74, 6) is -2.07. The molecule has 1 aliphatic rings. The third kappa shape index (κ3) is 9.43. The molecule has 4 rings (SSSR count). The largest absolute Gasteiger partial charge is 0.462 e. The minimum Gasteiger partial charge on any atom is -0.462 e. The van der Waals surface area contributed by atoms with Crippen molar-refractivity contribution < 1.29 is 27.5 Å². The third-order valence-electron chi connectivity index (χ3n) is 7.20. The Morgan fingerprint density at radius 3 is 2.24 bits per heavy atom. The average molecular weight is 820 g/mol. The number of amidine groups is 1. The Morgan fingerprint density at radius 2 is 1.67 bits per heavy atom. The van der Waals surface area contributed by atoms with E-state index in [0.29, 0.717) is 30.0 Å². The number of aryl methyl sites for hydroxylation is 1. The van der Waals surface area contributed by atoms with Crippen molar-refractivity contribution in [1.29, 1.82) is 0 Å². The maximum absolute atomic E-state index is 14.2. The van der Waals surface area contributed by atoms with Crippen LogP contribution in [0.1, 0.15) is 36.7 Å². The fourth-order valence-corrected chi connectivity index (χ4v) is 6.65. The van der Waals surface area contributed by atoms with E-state index < -0.39 is 21.9 Å². The molecule has 0 aromatic heterocycles. The number of nitrogens with zero attached hydrogens (tertiary/aromatic N) is 4. The normalized spacial score (nSPS) is 13.8. The highest BCUT2D eigenvalue weighted by atomic mass is 35.5. The van der Waals surface area contributed by atoms with Crippen molar-refractivity contribution in [3.05, 3.63) is 72.6 Å². The predicted molar refractivity (Wildman–Crippen MR) is 206 cm³/mol. The molecule has 0 bridgehead atoms. The summed E-state index contributed by atoms with van der Waals surface area (Å²) in [5, 5.41) is 9.97. The van der Waals surface area contributed by atoms with E-state index in [9.17, 15) is 22.8 Å². The predicted octanol–water partition coefficient (Wildman–Crippen LogP) is 7.32. The van der Waals surface area contributed by atoms with Crippen molar-refractivity contribution >= 4 is 126 Å². The zero-order valence-electron chi connectivity index (χ0n) is 27.8. The lowest BCUT2D eigenvalue weighted by Crippen LogP contribution is -2.34. The molecular weight excluding hydrogens is 788 g/mol. The van der Waals surface area contributed by atoms with Crippen molar-refractivity contribution in [3.63, 3.8) is 0 Å². The number of halogens is 5. The number of amides is 2. The summed E-state index contributed by atoms with van der Waals surface area (Å²) in [6.07, 6.45) is 1.09. The molecule has 3 N–H and O–H groups in total. The smallest absolute Gasteiger partial charge is 0.341 e. The van der Waals surface area contributed by atoms with E-state index in [1.807, 2.05) is 17.9 Å². The lowest BCUT2D eigenvalue weighted by molar-refractivity contribution is -0.114. The number of nitrogens with one attached hydrogen (secondary N) is 3. The second-order valence-corrected chi connectivity index (χ2v) is 14.7. The lowest BCUT2D eigenvalue weighted by atomic mass is 10.1. The average Bonchev–Trinajstić information content (AvgIpc) is 3.34. The molecule has 0 fully saturated rings. The third-order valence-corrected chi connectivity index (χ3v) is 9.94. The van der Waals surface area contributed by atoms with E-state index >= 15 is 0 Å². The van der Waals surface area contributed by atoms with E-state index in [-0.39, 0.29) is 72.7 Å². The van der Waals surface area contributed by atoms with Crippen LogP contribution in [0.3, 0.4) is 0 Å². The molecule has 1 aliphatic heterocycles. The van der Waals surface area contributed by atoms with Crippen molar-refractivity contribution in [2.45, 2.75) is 27.7 Å². The number of aliphatic imine (C=N–C) groups is 1. The standard InChI is InChI=1S/C32H32Cl5N7O6S/c1-6-43(13-12-38-51(5,48)49)19-9-11-21(16(3)14-19)40-28-30(41-22-15-18(39-17(4)45)8-10-20(22)33)42-44(31(28)46)29-26(36)24(34)23(25(35)27(29)37)32(47)50-7-2/h8-11,14-15,38H,6-7,12-13H2,1-5H3,(H,39,45)(H,41,42)/b40-28-. The van der Waals surface area contributed by atoms with E-state index in [2.05, 4.69) is 25.4 Å². The van der Waals surface area contributed by atoms with E-state index in [1.54, 1.807) is 32.0 Å². The van der Waals surface area contributed by atoms with Gasteiger partial charge in [0.05, 0.1) is 49.4 Å². The van der Waals surface area contributed by atoms with Crippen molar-refractivity contribution in [3.8, 4) is 0 Å². The summed E-state index contributed by atoms with van der Waals surface area (Å²) < 4.78 is 30.6. The van der Waals surface area contributed by atoms with Crippen LogP contribution in [0.15, 0.2) is 46.5 Å². The second-order valence-electron chi connectivity index (χ2n) is 10.9. The molecule has 2 amide bonds. The van der Waals surface area contributed by atoms with Crippen LogP contribution < -0.4 is 25.3 Å². The maximum atomic E-state index is 14.2. The Kier molecular flexibility index (Phi) is 13.2. The van der Waals surface area contributed by atoms with Crippen molar-refractivity contribution in [2.24, 2.45) is 10.1 Å². The van der Waals surface area contributed by atoms with Crippen LogP contribution in [0.5, 0.6) is 0 Å². The molecule has 3 aromatic rings. The monoisotopic (exact) mass is 817 g/mol. The zero-order valence-corrected chi connectivity index (χ0v) is 32.4. The highest BCUT2D eigenvalue weighted by Gasteiger charge is 2.38. The van der Waals surface area contributed by atoms with Gasteiger partial charge in [0, 0.05) is 37.9 Å². The first-order valence-electron chi connectivity index (χ1n) is 15.2. The molecule has 0 spiro atoms. The first-order valence-corrected chi connectivity index (χ1v) is 18.9. The molecule has 0 radical (unpaired) electrons. The Hall–Kier alpha value is -3.63. The van der Waals surface area contributed by atoms with Crippen LogP contribution >= 0.6 is 58.0 Å². The molecule has 0 saturated carbocycles. The van der Waals surface area contributed by atoms with Gasteiger partial charge >= 0.3 is 11.9 Å². The molecule has 13 nitrogen and oxygen atoms in total. The number of anilines is 4. The summed E-state index contributed by atoms with van der Waals surface area (Å²) in [6, 6.07) is 10.00. The molecule has 0 saturated heterocycles. The minimum atomic E-state index is -3.35. The number of hydrazone groups is 1. The molecule has 51 heavy (non-hydrogen) atoms. The first kappa shape index (κ1) is 40.1. The number of likely N-dealkylation sites (N-methyl/N-ethyl adjacent to an activating group) is 1. The Morgan fingerprint density at radius 1 is 1.00 bits per heavy atom. The van der Waals surface area contributed by atoms with Gasteiger partial charge in [-0.05, 0) is 62.7 Å². The van der Waals surface area contributed by atoms with Gasteiger partial charge in [0.15, 0.2) is 11.5 Å². The van der Waals surface area contributed by atoms with Gasteiger partial charge < -0.3 is 20.3 Å². The van der Waals surface area contributed by atoms with Crippen LogP contribution in [0, 0.1) is 6.92 Å². The topological polar surface area (TPSA) is 162 Å². The van der Waals surface area contributed by atoms with Gasteiger partial charge in [-0.15, -0.1) is 5.10 Å². The van der Waals surface area contributed by atoms with Gasteiger partial charge in [0.25, 0.3) is 0 Å². The molecule has 3 aromatic carbocycles. The fraction of sp³-hybridized carbons (Fsp3) is 0.281. The summed E-state index contributed by atoms with van der Waals surface area (Å²) in [7, 11) is -3.35. The summed E-state index contributed by atoms with van der Waals surface area (Å²) in [6.45, 7) is 7.90. The molecule has 0 atom stereocenters. The van der Waals surface area contributed by atoms with Crippen LogP contribution in [0.25, 0.3) is 0 Å². The number of hydrogen-bond donors (Lipinski definition) is 3. The van der Waals surface area contributed by atoms with Crippen molar-refractivity contribution in [1.82, 2.24) is 4.72 Å². The van der Waals surface area contributed by atoms with Crippen LogP contribution in [-0.4, -0.2) is 70.2 Å². The number of sulfonamides is 1. The molecule has 272 valence electrons. The van der Waals surface area contributed by atoms with Gasteiger partial charge in [-0.2, -0.15) is 5.01 Å². The van der Waals surface area contributed by atoms with Gasteiger partial charge in [-0.3, -0.25) is 9.59 Å². The van der Waals surface area contributed by atoms with Crippen molar-refractivity contribution in [2.75, 3.05) is 53.0 Å². The van der Waals surface area contributed by atoms with E-state index in [4.69, 9.17) is 62.7 Å². The maximum Gasteiger partial charge on any atom is 0.341 e. The number of carbonyl (C=O) groups is 3. The molecule has 19 heteroatoms. The highest BCUT2D eigenvalue weighted by molar-refractivity contribution is 7.88. The second kappa shape index (κ2) is 16.8. The highest BCUT2D eigenvalue weighted by Crippen LogP contribution is 2.47. The van der Waals surface area contributed by atoms with E-state index in [1.165, 1.54) is 19.1 Å². The van der Waals surface area contributed by atoms with Gasteiger partial charge in [0.2, 0.25) is 15.9 Å². The molecular formula is C32H32Cl5N7O6S. The number of hydrogen-bond acceptors (Lipinski definition) is 10. The van der Waals surface area contributed by atoms with E-state index in [0.717, 1.165) is 17.0 Å². The Bertz CT molecular complexity index is 2050. The first-order chi connectivity index (χ1) is 24.0. The van der Waals surface area contributed by atoms with Crippen LogP contribution in [-0.2, 0) is 24.3 Å². The zero-order chi connectivity index (χ0) is 37.8. The summed E-state index contributed by atoms with van der Waals surface area (Å²) in [5.41, 5.74) is 1.85. The number of esters is 1. The van der Waals surface area contributed by atoms with Crippen LogP contribution in [0.4, 0.5) is 28.4 Å². The molecule has 1 heterocycles. The Balaban J connectivity index is 1.82. The number of ether oxygens (including phenoxy) is 1. The van der Waals surface area contributed by atoms with Gasteiger partial charge in [0.1, 0.15) is 11.3 Å². The number of rotatable bonds is 12. The Labute approximate surface area is 319 Å². The number of carbonyl (C=O) groups excluding carboxylic acids is 3. The summed E-state index contributed by atoms with van der Waals surface area (Å²) >= 11 is 32.7. The quantitative estimate of drug-likeness (QED) is 0.127. The molecule has 0 aliphatic carbocycles. The minimum absolute atomic E-state index is 0.0230.